The van der Waals surface area contributed by atoms with Crippen LogP contribution in [0, 0.1) is 5.92 Å². The number of hydrogen-bond acceptors (Lipinski definition) is 4. The van der Waals surface area contributed by atoms with Crippen molar-refractivity contribution in [2.24, 2.45) is 5.92 Å². The summed E-state index contributed by atoms with van der Waals surface area (Å²) in [6, 6.07) is 0.292. The van der Waals surface area contributed by atoms with Crippen molar-refractivity contribution in [2.75, 3.05) is 20.3 Å². The van der Waals surface area contributed by atoms with Crippen LogP contribution in [0.15, 0.2) is 0 Å². The smallest absolute Gasteiger partial charge is 0.407 e. The van der Waals surface area contributed by atoms with Gasteiger partial charge in [-0.25, -0.2) is 4.79 Å². The van der Waals surface area contributed by atoms with Crippen LogP contribution in [0.5, 0.6) is 0 Å². The highest BCUT2D eigenvalue weighted by atomic mass is 16.6. The average molecular weight is 274 g/mol. The van der Waals surface area contributed by atoms with Crippen molar-refractivity contribution in [3.05, 3.63) is 0 Å². The first-order chi connectivity index (χ1) is 8.65. The number of amides is 1. The minimum Gasteiger partial charge on any atom is -0.444 e. The molecule has 0 aliphatic heterocycles. The van der Waals surface area contributed by atoms with E-state index in [1.165, 1.54) is 0 Å². The van der Waals surface area contributed by atoms with Gasteiger partial charge >= 0.3 is 6.09 Å². The van der Waals surface area contributed by atoms with E-state index in [1.54, 1.807) is 7.11 Å². The summed E-state index contributed by atoms with van der Waals surface area (Å²) in [5.74, 6) is 0.480. The fourth-order valence-corrected chi connectivity index (χ4v) is 1.55. The molecule has 0 rings (SSSR count). The van der Waals surface area contributed by atoms with Gasteiger partial charge in [0.1, 0.15) is 5.60 Å². The highest BCUT2D eigenvalue weighted by Gasteiger charge is 2.18. The Morgan fingerprint density at radius 3 is 2.21 bits per heavy atom. The number of alkyl carbamates (subject to hydrolysis) is 1. The molecule has 0 aromatic rings. The van der Waals surface area contributed by atoms with Crippen LogP contribution < -0.4 is 10.6 Å². The first-order valence-corrected chi connectivity index (χ1v) is 6.87. The number of nitrogens with one attached hydrogen (secondary N) is 2. The maximum Gasteiger partial charge on any atom is 0.407 e. The lowest BCUT2D eigenvalue weighted by Gasteiger charge is -2.25. The van der Waals surface area contributed by atoms with E-state index in [-0.39, 0.29) is 18.2 Å². The Morgan fingerprint density at radius 2 is 1.79 bits per heavy atom. The molecule has 0 aliphatic rings. The Balaban J connectivity index is 4.03. The van der Waals surface area contributed by atoms with Crippen molar-refractivity contribution in [1.82, 2.24) is 10.6 Å². The first-order valence-electron chi connectivity index (χ1n) is 6.87. The van der Waals surface area contributed by atoms with Gasteiger partial charge in [-0.3, -0.25) is 0 Å². The van der Waals surface area contributed by atoms with Crippen molar-refractivity contribution in [1.29, 1.82) is 0 Å². The number of carbonyl (C=O) groups excluding carboxylic acids is 1. The van der Waals surface area contributed by atoms with Crippen LogP contribution in [0.1, 0.15) is 41.5 Å². The Labute approximate surface area is 117 Å². The molecule has 114 valence electrons. The molecule has 0 saturated heterocycles. The predicted molar refractivity (Wildman–Crippen MR) is 77.3 cm³/mol. The molecule has 5 heteroatoms. The lowest BCUT2D eigenvalue weighted by molar-refractivity contribution is 0.0506. The van der Waals surface area contributed by atoms with E-state index in [2.05, 4.69) is 24.5 Å². The fourth-order valence-electron chi connectivity index (χ4n) is 1.55. The quantitative estimate of drug-likeness (QED) is 0.747. The standard InChI is InChI=1S/C14H30N2O3/c1-10(2)12(9-18-7)15-8-11(3)16-13(17)19-14(4,5)6/h10-12,15H,8-9H2,1-7H3,(H,16,17). The van der Waals surface area contributed by atoms with Gasteiger partial charge in [0, 0.05) is 25.7 Å². The third kappa shape index (κ3) is 9.73. The molecule has 0 aromatic carbocycles. The maximum atomic E-state index is 11.6. The Morgan fingerprint density at radius 1 is 1.21 bits per heavy atom. The molecule has 2 unspecified atom stereocenters. The first kappa shape index (κ1) is 18.2. The van der Waals surface area contributed by atoms with E-state index < -0.39 is 5.60 Å². The van der Waals surface area contributed by atoms with Crippen molar-refractivity contribution in [2.45, 2.75) is 59.2 Å². The molecule has 0 radical (unpaired) electrons. The summed E-state index contributed by atoms with van der Waals surface area (Å²) in [5.41, 5.74) is -0.465. The zero-order chi connectivity index (χ0) is 15.1. The lowest BCUT2D eigenvalue weighted by Crippen LogP contribution is -2.47. The minimum absolute atomic E-state index is 0.00737. The van der Waals surface area contributed by atoms with Crippen LogP contribution in [0.2, 0.25) is 0 Å². The van der Waals surface area contributed by atoms with Crippen LogP contribution in [0.4, 0.5) is 4.79 Å². The summed E-state index contributed by atoms with van der Waals surface area (Å²) in [5, 5.41) is 6.20. The molecule has 0 heterocycles. The average Bonchev–Trinajstić information content (AvgIpc) is 2.20. The lowest BCUT2D eigenvalue weighted by atomic mass is 10.1. The fraction of sp³-hybridized carbons (Fsp3) is 0.929. The van der Waals surface area contributed by atoms with Gasteiger partial charge in [0.25, 0.3) is 0 Å². The SMILES string of the molecule is COCC(NCC(C)NC(=O)OC(C)(C)C)C(C)C. The van der Waals surface area contributed by atoms with Crippen LogP contribution in [0.3, 0.4) is 0 Å². The van der Waals surface area contributed by atoms with Crippen molar-refractivity contribution >= 4 is 6.09 Å². The number of carbonyl (C=O) groups is 1. The number of rotatable bonds is 7. The summed E-state index contributed by atoms with van der Waals surface area (Å²) in [6.45, 7) is 13.1. The van der Waals surface area contributed by atoms with Crippen molar-refractivity contribution < 1.29 is 14.3 Å². The second-order valence-electron chi connectivity index (χ2n) is 6.26. The van der Waals surface area contributed by atoms with Gasteiger partial charge in [-0.15, -0.1) is 0 Å². The zero-order valence-corrected chi connectivity index (χ0v) is 13.4. The highest BCUT2D eigenvalue weighted by Crippen LogP contribution is 2.07. The van der Waals surface area contributed by atoms with E-state index in [0.29, 0.717) is 19.1 Å². The third-order valence-electron chi connectivity index (χ3n) is 2.60. The minimum atomic E-state index is -0.465. The molecule has 0 saturated carbocycles. The van der Waals surface area contributed by atoms with Gasteiger partial charge in [-0.1, -0.05) is 13.8 Å². The number of hydrogen-bond donors (Lipinski definition) is 2. The molecular formula is C14H30N2O3. The van der Waals surface area contributed by atoms with Crippen LogP contribution >= 0.6 is 0 Å². The monoisotopic (exact) mass is 274 g/mol. The van der Waals surface area contributed by atoms with Crippen LogP contribution in [-0.4, -0.2) is 44.0 Å². The van der Waals surface area contributed by atoms with Crippen LogP contribution in [-0.2, 0) is 9.47 Å². The van der Waals surface area contributed by atoms with Crippen molar-refractivity contribution in [3.8, 4) is 0 Å². The number of methoxy groups -OCH3 is 1. The van der Waals surface area contributed by atoms with E-state index in [1.807, 2.05) is 27.7 Å². The molecule has 0 spiro atoms. The summed E-state index contributed by atoms with van der Waals surface area (Å²) >= 11 is 0. The Hall–Kier alpha value is -0.810. The Bertz CT molecular complexity index is 262. The van der Waals surface area contributed by atoms with Gasteiger partial charge < -0.3 is 20.1 Å². The molecule has 5 nitrogen and oxygen atoms in total. The van der Waals surface area contributed by atoms with Gasteiger partial charge in [0.2, 0.25) is 0 Å². The van der Waals surface area contributed by atoms with Gasteiger partial charge in [0.05, 0.1) is 6.61 Å². The molecule has 1 amide bonds. The molecular weight excluding hydrogens is 244 g/mol. The van der Waals surface area contributed by atoms with E-state index in [0.717, 1.165) is 0 Å². The summed E-state index contributed by atoms with van der Waals surface area (Å²) in [7, 11) is 1.69. The highest BCUT2D eigenvalue weighted by molar-refractivity contribution is 5.68. The third-order valence-corrected chi connectivity index (χ3v) is 2.60. The second-order valence-corrected chi connectivity index (χ2v) is 6.26. The van der Waals surface area contributed by atoms with Crippen molar-refractivity contribution in [3.63, 3.8) is 0 Å². The summed E-state index contributed by atoms with van der Waals surface area (Å²) in [6.07, 6.45) is -0.380. The molecule has 0 bridgehead atoms. The van der Waals surface area contributed by atoms with Gasteiger partial charge in [-0.05, 0) is 33.6 Å². The summed E-state index contributed by atoms with van der Waals surface area (Å²) in [4.78, 5) is 11.6. The van der Waals surface area contributed by atoms with E-state index in [9.17, 15) is 4.79 Å². The van der Waals surface area contributed by atoms with E-state index in [4.69, 9.17) is 9.47 Å². The molecule has 19 heavy (non-hydrogen) atoms. The molecule has 2 N–H and O–H groups in total. The second kappa shape index (κ2) is 8.38. The molecule has 0 aliphatic carbocycles. The Kier molecular flexibility index (Phi) is 8.02. The number of ether oxygens (including phenoxy) is 2. The predicted octanol–water partition coefficient (Wildman–Crippen LogP) is 2.16. The topological polar surface area (TPSA) is 59.6 Å². The normalized spacial score (nSPS) is 15.2. The molecule has 0 fully saturated rings. The van der Waals surface area contributed by atoms with Gasteiger partial charge in [-0.2, -0.15) is 0 Å². The summed E-state index contributed by atoms with van der Waals surface area (Å²) < 4.78 is 10.4. The molecule has 2 atom stereocenters. The zero-order valence-electron chi connectivity index (χ0n) is 13.4. The van der Waals surface area contributed by atoms with Gasteiger partial charge in [0.15, 0.2) is 0 Å². The van der Waals surface area contributed by atoms with E-state index >= 15 is 0 Å². The largest absolute Gasteiger partial charge is 0.444 e. The maximum absolute atomic E-state index is 11.6. The molecule has 0 aromatic heterocycles. The van der Waals surface area contributed by atoms with Crippen LogP contribution in [0.25, 0.3) is 0 Å².